The molecule has 0 atom stereocenters. The zero-order valence-electron chi connectivity index (χ0n) is 13.1. The van der Waals surface area contributed by atoms with E-state index in [0.717, 1.165) is 32.5 Å². The van der Waals surface area contributed by atoms with E-state index in [1.807, 2.05) is 6.07 Å². The predicted molar refractivity (Wildman–Crippen MR) is 87.5 cm³/mol. The van der Waals surface area contributed by atoms with Crippen LogP contribution < -0.4 is 15.5 Å². The van der Waals surface area contributed by atoms with E-state index in [1.165, 1.54) is 5.69 Å². The molecule has 1 saturated heterocycles. The van der Waals surface area contributed by atoms with Crippen LogP contribution in [-0.2, 0) is 4.79 Å². The van der Waals surface area contributed by atoms with Gasteiger partial charge in [0.1, 0.15) is 0 Å². The molecule has 1 aliphatic heterocycles. The fourth-order valence-electron chi connectivity index (χ4n) is 2.60. The van der Waals surface area contributed by atoms with Gasteiger partial charge in [0.05, 0.1) is 6.54 Å². The van der Waals surface area contributed by atoms with Gasteiger partial charge in [-0.05, 0) is 30.9 Å². The Morgan fingerprint density at radius 3 is 2.52 bits per heavy atom. The minimum absolute atomic E-state index is 0.106. The van der Waals surface area contributed by atoms with E-state index in [9.17, 15) is 4.79 Å². The number of hydrogen-bond acceptors (Lipinski definition) is 3. The van der Waals surface area contributed by atoms with Gasteiger partial charge in [-0.15, -0.1) is 0 Å². The summed E-state index contributed by atoms with van der Waals surface area (Å²) in [6, 6.07) is 11.0. The van der Waals surface area contributed by atoms with Gasteiger partial charge < -0.3 is 15.5 Å². The number of nitrogens with one attached hydrogen (secondary N) is 2. The highest BCUT2D eigenvalue weighted by atomic mass is 16.1. The number of carbonyl (C=O) groups excluding carboxylic acids is 1. The van der Waals surface area contributed by atoms with Crippen molar-refractivity contribution in [3.05, 3.63) is 30.3 Å². The highest BCUT2D eigenvalue weighted by Gasteiger charge is 2.19. The first-order valence-electron chi connectivity index (χ1n) is 7.95. The molecule has 0 aliphatic carbocycles. The summed E-state index contributed by atoms with van der Waals surface area (Å²) in [5.74, 6) is 0.609. The van der Waals surface area contributed by atoms with E-state index in [2.05, 4.69) is 53.6 Å². The van der Waals surface area contributed by atoms with Gasteiger partial charge in [-0.25, -0.2) is 0 Å². The van der Waals surface area contributed by atoms with Crippen molar-refractivity contribution >= 4 is 11.6 Å². The summed E-state index contributed by atoms with van der Waals surface area (Å²) < 4.78 is 0. The van der Waals surface area contributed by atoms with Gasteiger partial charge in [-0.3, -0.25) is 4.79 Å². The lowest BCUT2D eigenvalue weighted by atomic mass is 10.0. The second-order valence-corrected chi connectivity index (χ2v) is 6.18. The molecule has 0 saturated carbocycles. The number of piperidine rings is 1. The normalized spacial score (nSPS) is 16.2. The summed E-state index contributed by atoms with van der Waals surface area (Å²) in [4.78, 5) is 14.1. The van der Waals surface area contributed by atoms with Crippen LogP contribution in [0.15, 0.2) is 30.3 Å². The van der Waals surface area contributed by atoms with Gasteiger partial charge in [0.25, 0.3) is 0 Å². The fourth-order valence-corrected chi connectivity index (χ4v) is 2.60. The molecule has 4 nitrogen and oxygen atoms in total. The van der Waals surface area contributed by atoms with Crippen molar-refractivity contribution in [2.75, 3.05) is 31.1 Å². The third-order valence-electron chi connectivity index (χ3n) is 3.88. The molecule has 0 unspecified atom stereocenters. The first-order valence-corrected chi connectivity index (χ1v) is 7.95. The Hall–Kier alpha value is -1.55. The summed E-state index contributed by atoms with van der Waals surface area (Å²) in [6.07, 6.45) is 2.18. The van der Waals surface area contributed by atoms with E-state index >= 15 is 0 Å². The first-order chi connectivity index (χ1) is 10.1. The van der Waals surface area contributed by atoms with E-state index in [4.69, 9.17) is 0 Å². The van der Waals surface area contributed by atoms with Crippen LogP contribution in [0.1, 0.15) is 26.7 Å². The van der Waals surface area contributed by atoms with Crippen molar-refractivity contribution in [3.8, 4) is 0 Å². The van der Waals surface area contributed by atoms with Crippen molar-refractivity contribution in [1.82, 2.24) is 10.6 Å². The zero-order chi connectivity index (χ0) is 15.1. The molecule has 1 aromatic rings. The maximum absolute atomic E-state index is 11.7. The Labute approximate surface area is 127 Å². The molecule has 0 aromatic heterocycles. The number of hydrogen-bond donors (Lipinski definition) is 2. The molecule has 2 rings (SSSR count). The summed E-state index contributed by atoms with van der Waals surface area (Å²) in [5, 5.41) is 6.32. The lowest BCUT2D eigenvalue weighted by molar-refractivity contribution is -0.120. The third-order valence-corrected chi connectivity index (χ3v) is 3.88. The third kappa shape index (κ3) is 5.38. The Kier molecular flexibility index (Phi) is 6.05. The predicted octanol–water partition coefficient (Wildman–Crippen LogP) is 2.02. The molecule has 21 heavy (non-hydrogen) atoms. The van der Waals surface area contributed by atoms with Crippen molar-refractivity contribution in [2.24, 2.45) is 5.92 Å². The van der Waals surface area contributed by atoms with Gasteiger partial charge in [-0.2, -0.15) is 0 Å². The van der Waals surface area contributed by atoms with Crippen LogP contribution in [0, 0.1) is 5.92 Å². The number of para-hydroxylation sites is 1. The SMILES string of the molecule is CC(C)CNC(=O)CNC1CCN(c2ccccc2)CC1. The molecule has 4 heteroatoms. The van der Waals surface area contributed by atoms with Crippen LogP contribution in [0.25, 0.3) is 0 Å². The molecule has 1 heterocycles. The van der Waals surface area contributed by atoms with Crippen LogP contribution in [0.3, 0.4) is 0 Å². The number of rotatable bonds is 6. The molecular weight excluding hydrogens is 262 g/mol. The van der Waals surface area contributed by atoms with E-state index in [1.54, 1.807) is 0 Å². The monoisotopic (exact) mass is 289 g/mol. The zero-order valence-corrected chi connectivity index (χ0v) is 13.1. The minimum atomic E-state index is 0.106. The van der Waals surface area contributed by atoms with E-state index < -0.39 is 0 Å². The maximum Gasteiger partial charge on any atom is 0.233 e. The molecule has 1 amide bonds. The van der Waals surface area contributed by atoms with E-state index in [0.29, 0.717) is 18.5 Å². The Morgan fingerprint density at radius 2 is 1.90 bits per heavy atom. The largest absolute Gasteiger partial charge is 0.371 e. The van der Waals surface area contributed by atoms with Gasteiger partial charge in [0.15, 0.2) is 0 Å². The van der Waals surface area contributed by atoms with Crippen molar-refractivity contribution in [3.63, 3.8) is 0 Å². The highest BCUT2D eigenvalue weighted by Crippen LogP contribution is 2.19. The quantitative estimate of drug-likeness (QED) is 0.842. The molecule has 1 aliphatic rings. The molecule has 0 spiro atoms. The smallest absolute Gasteiger partial charge is 0.233 e. The summed E-state index contributed by atoms with van der Waals surface area (Å²) in [7, 11) is 0. The second kappa shape index (κ2) is 8.03. The summed E-state index contributed by atoms with van der Waals surface area (Å²) >= 11 is 0. The molecule has 1 fully saturated rings. The summed E-state index contributed by atoms with van der Waals surface area (Å²) in [6.45, 7) is 7.50. The molecule has 0 radical (unpaired) electrons. The number of benzene rings is 1. The fraction of sp³-hybridized carbons (Fsp3) is 0.588. The van der Waals surface area contributed by atoms with Gasteiger partial charge in [-0.1, -0.05) is 32.0 Å². The van der Waals surface area contributed by atoms with Gasteiger partial charge >= 0.3 is 0 Å². The Balaban J connectivity index is 1.66. The topological polar surface area (TPSA) is 44.4 Å². The van der Waals surface area contributed by atoms with Gasteiger partial charge in [0, 0.05) is 31.4 Å². The van der Waals surface area contributed by atoms with Crippen molar-refractivity contribution in [1.29, 1.82) is 0 Å². The molecule has 1 aromatic carbocycles. The lowest BCUT2D eigenvalue weighted by Crippen LogP contribution is -2.46. The first kappa shape index (κ1) is 15.8. The van der Waals surface area contributed by atoms with Crippen LogP contribution >= 0.6 is 0 Å². The van der Waals surface area contributed by atoms with Gasteiger partial charge in [0.2, 0.25) is 5.91 Å². The van der Waals surface area contributed by atoms with Crippen LogP contribution in [-0.4, -0.2) is 38.1 Å². The number of amides is 1. The highest BCUT2D eigenvalue weighted by molar-refractivity contribution is 5.78. The van der Waals surface area contributed by atoms with Crippen LogP contribution in [0.2, 0.25) is 0 Å². The minimum Gasteiger partial charge on any atom is -0.371 e. The second-order valence-electron chi connectivity index (χ2n) is 6.18. The average Bonchev–Trinajstić information content (AvgIpc) is 2.52. The molecule has 0 bridgehead atoms. The van der Waals surface area contributed by atoms with Crippen molar-refractivity contribution < 1.29 is 4.79 Å². The standard InChI is InChI=1S/C17H27N3O/c1-14(2)12-19-17(21)13-18-15-8-10-20(11-9-15)16-6-4-3-5-7-16/h3-7,14-15,18H,8-13H2,1-2H3,(H,19,21). The maximum atomic E-state index is 11.7. The molecular formula is C17H27N3O. The number of nitrogens with zero attached hydrogens (tertiary/aromatic N) is 1. The molecule has 2 N–H and O–H groups in total. The molecule has 116 valence electrons. The van der Waals surface area contributed by atoms with Crippen molar-refractivity contribution in [2.45, 2.75) is 32.7 Å². The van der Waals surface area contributed by atoms with E-state index in [-0.39, 0.29) is 5.91 Å². The van der Waals surface area contributed by atoms with Crippen LogP contribution in [0.5, 0.6) is 0 Å². The average molecular weight is 289 g/mol. The number of carbonyl (C=O) groups is 1. The summed E-state index contributed by atoms with van der Waals surface area (Å²) in [5.41, 5.74) is 1.30. The Bertz CT molecular complexity index is 425. The lowest BCUT2D eigenvalue weighted by Gasteiger charge is -2.34. The van der Waals surface area contributed by atoms with Crippen LogP contribution in [0.4, 0.5) is 5.69 Å². The Morgan fingerprint density at radius 1 is 1.24 bits per heavy atom. The number of anilines is 1.